The number of aromatic nitrogens is 1. The molecule has 104 valence electrons. The number of piperidine rings is 1. The number of pyridine rings is 1. The van der Waals surface area contributed by atoms with Gasteiger partial charge in [-0.15, -0.1) is 0 Å². The van der Waals surface area contributed by atoms with Crippen molar-refractivity contribution in [3.8, 4) is 0 Å². The van der Waals surface area contributed by atoms with Crippen molar-refractivity contribution in [3.63, 3.8) is 0 Å². The second kappa shape index (κ2) is 6.02. The van der Waals surface area contributed by atoms with Crippen LogP contribution < -0.4 is 0 Å². The van der Waals surface area contributed by atoms with Gasteiger partial charge in [0.1, 0.15) is 0 Å². The van der Waals surface area contributed by atoms with E-state index < -0.39 is 0 Å². The summed E-state index contributed by atoms with van der Waals surface area (Å²) in [5.41, 5.74) is 1.40. The molecule has 3 heteroatoms. The standard InChI is InChI=1S/C16H25N3/c1-2-15-12-18-10-4-3-5-16(18)13-19(15)11-14-6-8-17-9-7-14/h6-9,15-16H,2-5,10-13H2,1H3/t15-,16-/m0/s1. The van der Waals surface area contributed by atoms with Crippen LogP contribution in [0.25, 0.3) is 0 Å². The van der Waals surface area contributed by atoms with Gasteiger partial charge in [-0.3, -0.25) is 14.8 Å². The molecule has 0 radical (unpaired) electrons. The zero-order valence-electron chi connectivity index (χ0n) is 12.0. The van der Waals surface area contributed by atoms with E-state index in [1.807, 2.05) is 12.4 Å². The molecule has 2 aliphatic heterocycles. The van der Waals surface area contributed by atoms with Crippen LogP contribution in [-0.4, -0.2) is 46.5 Å². The van der Waals surface area contributed by atoms with Crippen LogP contribution in [0.15, 0.2) is 24.5 Å². The van der Waals surface area contributed by atoms with Gasteiger partial charge in [-0.1, -0.05) is 13.3 Å². The molecular weight excluding hydrogens is 234 g/mol. The van der Waals surface area contributed by atoms with Crippen molar-refractivity contribution in [2.24, 2.45) is 0 Å². The molecule has 0 spiro atoms. The highest BCUT2D eigenvalue weighted by molar-refractivity contribution is 5.10. The van der Waals surface area contributed by atoms with E-state index in [9.17, 15) is 0 Å². The Morgan fingerprint density at radius 1 is 1.21 bits per heavy atom. The van der Waals surface area contributed by atoms with Crippen LogP contribution in [0.2, 0.25) is 0 Å². The number of fused-ring (bicyclic) bond motifs is 1. The second-order valence-corrected chi connectivity index (χ2v) is 5.99. The van der Waals surface area contributed by atoms with Gasteiger partial charge in [0.05, 0.1) is 0 Å². The third kappa shape index (κ3) is 2.98. The first kappa shape index (κ1) is 13.1. The van der Waals surface area contributed by atoms with Crippen molar-refractivity contribution >= 4 is 0 Å². The molecule has 0 bridgehead atoms. The largest absolute Gasteiger partial charge is 0.298 e. The van der Waals surface area contributed by atoms with Crippen molar-refractivity contribution in [3.05, 3.63) is 30.1 Å². The summed E-state index contributed by atoms with van der Waals surface area (Å²) >= 11 is 0. The minimum Gasteiger partial charge on any atom is -0.298 e. The monoisotopic (exact) mass is 259 g/mol. The highest BCUT2D eigenvalue weighted by Gasteiger charge is 2.33. The maximum Gasteiger partial charge on any atom is 0.0271 e. The third-order valence-corrected chi connectivity index (χ3v) is 4.76. The lowest BCUT2D eigenvalue weighted by Gasteiger charge is -2.48. The number of piperazine rings is 1. The molecule has 2 saturated heterocycles. The topological polar surface area (TPSA) is 19.4 Å². The first-order chi connectivity index (χ1) is 9.36. The van der Waals surface area contributed by atoms with Gasteiger partial charge in [-0.2, -0.15) is 0 Å². The minimum absolute atomic E-state index is 0.725. The summed E-state index contributed by atoms with van der Waals surface area (Å²) in [6, 6.07) is 5.83. The van der Waals surface area contributed by atoms with Gasteiger partial charge in [0.2, 0.25) is 0 Å². The molecule has 3 rings (SSSR count). The summed E-state index contributed by atoms with van der Waals surface area (Å²) in [6.45, 7) is 7.26. The number of rotatable bonds is 3. The molecule has 0 N–H and O–H groups in total. The van der Waals surface area contributed by atoms with Crippen LogP contribution in [0.1, 0.15) is 38.2 Å². The lowest BCUT2D eigenvalue weighted by Crippen LogP contribution is -2.58. The molecule has 2 atom stereocenters. The molecule has 0 aromatic carbocycles. The summed E-state index contributed by atoms with van der Waals surface area (Å²) in [5, 5.41) is 0. The van der Waals surface area contributed by atoms with E-state index in [0.29, 0.717) is 0 Å². The molecule has 19 heavy (non-hydrogen) atoms. The fourth-order valence-corrected chi connectivity index (χ4v) is 3.62. The molecule has 1 aromatic rings. The summed E-state index contributed by atoms with van der Waals surface area (Å²) in [5.74, 6) is 0. The molecule has 2 aliphatic rings. The second-order valence-electron chi connectivity index (χ2n) is 5.99. The molecule has 3 nitrogen and oxygen atoms in total. The van der Waals surface area contributed by atoms with Crippen LogP contribution >= 0.6 is 0 Å². The van der Waals surface area contributed by atoms with Crippen LogP contribution in [0.3, 0.4) is 0 Å². The maximum atomic E-state index is 4.12. The fourth-order valence-electron chi connectivity index (χ4n) is 3.62. The van der Waals surface area contributed by atoms with Crippen molar-refractivity contribution in [1.82, 2.24) is 14.8 Å². The Balaban J connectivity index is 1.68. The summed E-state index contributed by atoms with van der Waals surface area (Å²) in [4.78, 5) is 9.55. The Morgan fingerprint density at radius 3 is 2.84 bits per heavy atom. The lowest BCUT2D eigenvalue weighted by molar-refractivity contribution is 0.00326. The first-order valence-electron chi connectivity index (χ1n) is 7.74. The molecule has 3 heterocycles. The lowest BCUT2D eigenvalue weighted by atomic mass is 9.95. The van der Waals surface area contributed by atoms with Crippen LogP contribution in [0, 0.1) is 0 Å². The number of nitrogens with zero attached hydrogens (tertiary/aromatic N) is 3. The summed E-state index contributed by atoms with van der Waals surface area (Å²) in [7, 11) is 0. The Morgan fingerprint density at radius 2 is 2.05 bits per heavy atom. The number of hydrogen-bond acceptors (Lipinski definition) is 3. The van der Waals surface area contributed by atoms with Crippen molar-refractivity contribution in [1.29, 1.82) is 0 Å². The highest BCUT2D eigenvalue weighted by atomic mass is 15.3. The van der Waals surface area contributed by atoms with E-state index >= 15 is 0 Å². The highest BCUT2D eigenvalue weighted by Crippen LogP contribution is 2.26. The van der Waals surface area contributed by atoms with E-state index in [1.165, 1.54) is 50.9 Å². The average molecular weight is 259 g/mol. The smallest absolute Gasteiger partial charge is 0.0271 e. The predicted molar refractivity (Wildman–Crippen MR) is 77.9 cm³/mol. The Hall–Kier alpha value is -0.930. The predicted octanol–water partition coefficient (Wildman–Crippen LogP) is 2.53. The summed E-state index contributed by atoms with van der Waals surface area (Å²) in [6.07, 6.45) is 9.29. The number of hydrogen-bond donors (Lipinski definition) is 0. The van der Waals surface area contributed by atoms with E-state index in [1.54, 1.807) is 0 Å². The van der Waals surface area contributed by atoms with Gasteiger partial charge in [0.25, 0.3) is 0 Å². The van der Waals surface area contributed by atoms with Crippen molar-refractivity contribution in [2.75, 3.05) is 19.6 Å². The Bertz CT molecular complexity index is 392. The Kier molecular flexibility index (Phi) is 4.14. The third-order valence-electron chi connectivity index (χ3n) is 4.76. The normalized spacial score (nSPS) is 29.1. The zero-order chi connectivity index (χ0) is 13.1. The fraction of sp³-hybridized carbons (Fsp3) is 0.688. The van der Waals surface area contributed by atoms with E-state index in [4.69, 9.17) is 0 Å². The van der Waals surface area contributed by atoms with Crippen molar-refractivity contribution in [2.45, 2.75) is 51.2 Å². The quantitative estimate of drug-likeness (QED) is 0.831. The molecule has 0 aliphatic carbocycles. The van der Waals surface area contributed by atoms with Crippen LogP contribution in [0.4, 0.5) is 0 Å². The van der Waals surface area contributed by atoms with Crippen LogP contribution in [-0.2, 0) is 6.54 Å². The maximum absolute atomic E-state index is 4.12. The van der Waals surface area contributed by atoms with E-state index in [-0.39, 0.29) is 0 Å². The van der Waals surface area contributed by atoms with Gasteiger partial charge >= 0.3 is 0 Å². The minimum atomic E-state index is 0.725. The Labute approximate surface area is 116 Å². The zero-order valence-corrected chi connectivity index (χ0v) is 12.0. The molecule has 1 aromatic heterocycles. The summed E-state index contributed by atoms with van der Waals surface area (Å²) < 4.78 is 0. The van der Waals surface area contributed by atoms with Gasteiger partial charge in [-0.05, 0) is 43.5 Å². The van der Waals surface area contributed by atoms with Gasteiger partial charge in [0.15, 0.2) is 0 Å². The van der Waals surface area contributed by atoms with Gasteiger partial charge in [0, 0.05) is 44.1 Å². The van der Waals surface area contributed by atoms with Gasteiger partial charge in [-0.25, -0.2) is 0 Å². The SMILES string of the molecule is CC[C@H]1CN2CCCC[C@H]2CN1Cc1ccncc1. The molecule has 2 fully saturated rings. The molecule has 0 saturated carbocycles. The first-order valence-corrected chi connectivity index (χ1v) is 7.74. The van der Waals surface area contributed by atoms with Gasteiger partial charge < -0.3 is 0 Å². The van der Waals surface area contributed by atoms with E-state index in [2.05, 4.69) is 33.8 Å². The molecule has 0 unspecified atom stereocenters. The average Bonchev–Trinajstić information content (AvgIpc) is 2.47. The van der Waals surface area contributed by atoms with Crippen LogP contribution in [0.5, 0.6) is 0 Å². The molecular formula is C16H25N3. The van der Waals surface area contributed by atoms with Crippen molar-refractivity contribution < 1.29 is 0 Å². The van der Waals surface area contributed by atoms with E-state index in [0.717, 1.165) is 18.6 Å². The molecule has 0 amide bonds.